The summed E-state index contributed by atoms with van der Waals surface area (Å²) in [6.07, 6.45) is 0. The van der Waals surface area contributed by atoms with E-state index in [1.54, 1.807) is 12.1 Å². The lowest BCUT2D eigenvalue weighted by Crippen LogP contribution is -1.66. The fourth-order valence-electron chi connectivity index (χ4n) is 0.513. The molecule has 0 unspecified atom stereocenters. The fraction of sp³-hybridized carbons (Fsp3) is 0. The molecule has 0 aliphatic heterocycles. The van der Waals surface area contributed by atoms with Crippen LogP contribution < -0.4 is 0 Å². The van der Waals surface area contributed by atoms with Crippen LogP contribution in [0.3, 0.4) is 0 Å². The first kappa shape index (κ1) is 12.2. The van der Waals surface area contributed by atoms with Gasteiger partial charge in [-0.2, -0.15) is 13.7 Å². The van der Waals surface area contributed by atoms with E-state index in [0.29, 0.717) is 5.56 Å². The van der Waals surface area contributed by atoms with Crippen molar-refractivity contribution in [1.29, 1.82) is 5.26 Å². The van der Waals surface area contributed by atoms with Gasteiger partial charge in [-0.3, -0.25) is 0 Å². The number of halogens is 2. The van der Waals surface area contributed by atoms with Crippen molar-refractivity contribution in [2.24, 2.45) is 0 Å². The van der Waals surface area contributed by atoms with Gasteiger partial charge < -0.3 is 0 Å². The number of nitriles is 1. The molecule has 0 saturated heterocycles. The minimum Gasteiger partial charge on any atom is -0.195 e. The average Bonchev–Trinajstić information content (AvgIpc) is 2.03. The van der Waals surface area contributed by atoms with Crippen molar-refractivity contribution in [3.8, 4) is 6.07 Å². The molecule has 0 amide bonds. The van der Waals surface area contributed by atoms with Crippen LogP contribution in [0.5, 0.6) is 0 Å². The van der Waals surface area contributed by atoms with Crippen LogP contribution >= 0.6 is 21.4 Å². The van der Waals surface area contributed by atoms with E-state index in [1.165, 1.54) is 0 Å². The Balaban J connectivity index is 0.000000252. The van der Waals surface area contributed by atoms with Crippen molar-refractivity contribution >= 4 is 29.6 Å². The number of nitrogens with zero attached hydrogens (tertiary/aromatic N) is 1. The summed E-state index contributed by atoms with van der Waals surface area (Å²) < 4.78 is 18.3. The van der Waals surface area contributed by atoms with Crippen LogP contribution in [0.2, 0.25) is 0 Å². The molecule has 0 aliphatic carbocycles. The van der Waals surface area contributed by atoms with Crippen LogP contribution in [0.15, 0.2) is 30.3 Å². The zero-order valence-corrected chi connectivity index (χ0v) is 8.64. The van der Waals surface area contributed by atoms with Crippen LogP contribution in [0.1, 0.15) is 5.56 Å². The highest BCUT2D eigenvalue weighted by atomic mass is 36.0. The minimum atomic E-state index is -3.72. The summed E-state index contributed by atoms with van der Waals surface area (Å²) >= 11 is 0. The van der Waals surface area contributed by atoms with E-state index in [9.17, 15) is 0 Å². The first-order valence-corrected chi connectivity index (χ1v) is 6.16. The molecular formula is C7H5Cl2NO2S. The molecule has 0 radical (unpaired) electrons. The molecule has 0 atom stereocenters. The quantitative estimate of drug-likeness (QED) is 0.651. The van der Waals surface area contributed by atoms with Crippen molar-refractivity contribution in [2.75, 3.05) is 0 Å². The number of hydrogen-bond acceptors (Lipinski definition) is 3. The van der Waals surface area contributed by atoms with Crippen LogP contribution in [-0.2, 0) is 8.26 Å². The summed E-state index contributed by atoms with van der Waals surface area (Å²) in [7, 11) is 4.81. The van der Waals surface area contributed by atoms with Crippen molar-refractivity contribution in [3.05, 3.63) is 35.9 Å². The molecule has 70 valence electrons. The van der Waals surface area contributed by atoms with Gasteiger partial charge in [-0.15, -0.1) is 0 Å². The molecule has 1 rings (SSSR count). The number of rotatable bonds is 0. The molecule has 0 aliphatic rings. The van der Waals surface area contributed by atoms with E-state index in [1.807, 2.05) is 24.3 Å². The Bertz CT molecular complexity index is 375. The van der Waals surface area contributed by atoms with Crippen LogP contribution in [-0.4, -0.2) is 8.42 Å². The maximum absolute atomic E-state index is 9.16. The van der Waals surface area contributed by atoms with Gasteiger partial charge in [-0.1, -0.05) is 18.2 Å². The molecule has 0 bridgehead atoms. The molecule has 0 aromatic heterocycles. The smallest absolute Gasteiger partial charge is 0.195 e. The summed E-state index contributed by atoms with van der Waals surface area (Å²) in [6, 6.07) is 11.2. The number of hydrogen-bond donors (Lipinski definition) is 0. The molecule has 0 N–H and O–H groups in total. The second kappa shape index (κ2) is 5.81. The van der Waals surface area contributed by atoms with Crippen molar-refractivity contribution in [3.63, 3.8) is 0 Å². The van der Waals surface area contributed by atoms with Gasteiger partial charge in [0.25, 0.3) is 0 Å². The first-order chi connectivity index (χ1) is 5.93. The predicted octanol–water partition coefficient (Wildman–Crippen LogP) is 2.27. The molecule has 13 heavy (non-hydrogen) atoms. The van der Waals surface area contributed by atoms with Gasteiger partial charge in [-0.25, -0.2) is 0 Å². The van der Waals surface area contributed by atoms with E-state index < -0.39 is 8.26 Å². The van der Waals surface area contributed by atoms with Gasteiger partial charge in [0.15, 0.2) is 0 Å². The Kier molecular flexibility index (Phi) is 5.47. The molecule has 3 nitrogen and oxygen atoms in total. The molecule has 0 heterocycles. The fourth-order valence-corrected chi connectivity index (χ4v) is 0.513. The maximum Gasteiger partial charge on any atom is 0.317 e. The van der Waals surface area contributed by atoms with Gasteiger partial charge in [0.2, 0.25) is 0 Å². The summed E-state index contributed by atoms with van der Waals surface area (Å²) in [5.74, 6) is 0. The van der Waals surface area contributed by atoms with Gasteiger partial charge >= 0.3 is 8.26 Å². The Morgan fingerprint density at radius 1 is 1.15 bits per heavy atom. The Labute approximate surface area is 85.4 Å². The van der Waals surface area contributed by atoms with Crippen molar-refractivity contribution < 1.29 is 8.42 Å². The molecule has 0 fully saturated rings. The zero-order valence-electron chi connectivity index (χ0n) is 6.31. The van der Waals surface area contributed by atoms with Crippen LogP contribution in [0.25, 0.3) is 0 Å². The predicted molar refractivity (Wildman–Crippen MR) is 51.8 cm³/mol. The third kappa shape index (κ3) is 11.2. The Hall–Kier alpha value is -0.760. The minimum absolute atomic E-state index is 0.715. The molecule has 6 heteroatoms. The SMILES string of the molecule is N#Cc1ccccc1.O=S(=O)(Cl)Cl. The third-order valence-electron chi connectivity index (χ3n) is 0.903. The molecule has 1 aromatic carbocycles. The maximum atomic E-state index is 9.16. The number of benzene rings is 1. The van der Waals surface area contributed by atoms with E-state index in [4.69, 9.17) is 13.7 Å². The summed E-state index contributed by atoms with van der Waals surface area (Å²) in [4.78, 5) is 0. The highest BCUT2D eigenvalue weighted by Crippen LogP contribution is 1.98. The topological polar surface area (TPSA) is 57.9 Å². The third-order valence-corrected chi connectivity index (χ3v) is 0.903. The van der Waals surface area contributed by atoms with Gasteiger partial charge in [-0.05, 0) is 12.1 Å². The van der Waals surface area contributed by atoms with Crippen LogP contribution in [0, 0.1) is 11.3 Å². The highest BCUT2D eigenvalue weighted by Gasteiger charge is 1.88. The summed E-state index contributed by atoms with van der Waals surface area (Å²) in [6.45, 7) is 0. The molecular weight excluding hydrogens is 233 g/mol. The van der Waals surface area contributed by atoms with Gasteiger partial charge in [0.1, 0.15) is 0 Å². The first-order valence-electron chi connectivity index (χ1n) is 3.03. The van der Waals surface area contributed by atoms with E-state index >= 15 is 0 Å². The largest absolute Gasteiger partial charge is 0.317 e. The molecule has 0 saturated carbocycles. The normalized spacial score (nSPS) is 9.31. The average molecular weight is 238 g/mol. The molecule has 1 aromatic rings. The zero-order chi connectivity index (χ0) is 10.3. The monoisotopic (exact) mass is 237 g/mol. The van der Waals surface area contributed by atoms with Gasteiger partial charge in [0.05, 0.1) is 11.6 Å². The second-order valence-corrected chi connectivity index (χ2v) is 5.52. The Morgan fingerprint density at radius 3 is 1.77 bits per heavy atom. The summed E-state index contributed by atoms with van der Waals surface area (Å²) in [5, 5.41) is 8.29. The van der Waals surface area contributed by atoms with Crippen molar-refractivity contribution in [1.82, 2.24) is 0 Å². The standard InChI is InChI=1S/C7H5N.Cl2O2S/c8-6-7-4-2-1-3-5-7;1-5(2,3)4/h1-5H;. The van der Waals surface area contributed by atoms with Crippen LogP contribution in [0.4, 0.5) is 0 Å². The van der Waals surface area contributed by atoms with Crippen molar-refractivity contribution in [2.45, 2.75) is 0 Å². The summed E-state index contributed by atoms with van der Waals surface area (Å²) in [5.41, 5.74) is 0.715. The highest BCUT2D eigenvalue weighted by molar-refractivity contribution is 8.31. The van der Waals surface area contributed by atoms with E-state index in [-0.39, 0.29) is 0 Å². The molecule has 0 spiro atoms. The van der Waals surface area contributed by atoms with E-state index in [2.05, 4.69) is 21.4 Å². The Morgan fingerprint density at radius 2 is 1.54 bits per heavy atom. The lowest BCUT2D eigenvalue weighted by molar-refractivity contribution is 0.621. The van der Waals surface area contributed by atoms with E-state index in [0.717, 1.165) is 0 Å². The second-order valence-electron chi connectivity index (χ2n) is 1.86. The lowest BCUT2D eigenvalue weighted by Gasteiger charge is -1.80. The van der Waals surface area contributed by atoms with Gasteiger partial charge in [0, 0.05) is 21.4 Å². The lowest BCUT2D eigenvalue weighted by atomic mass is 10.2.